The van der Waals surface area contributed by atoms with Gasteiger partial charge in [-0.2, -0.15) is 4.31 Å². The van der Waals surface area contributed by atoms with Crippen LogP contribution in [0.2, 0.25) is 0 Å². The Morgan fingerprint density at radius 1 is 0.550 bits per heavy atom. The SMILES string of the molecule is CC(C)P(=O)(O)O.CC(C)P(=O)(O)OP(=O)(O)O.CC(C)P(=O)(O)OP(=O)(O)OP(=O)(O)O.CC(C)[PH](C)=[W].[Y]. The Morgan fingerprint density at radius 3 is 0.900 bits per heavy atom. The van der Waals surface area contributed by atoms with E-state index < -0.39 is 63.2 Å². The summed E-state index contributed by atoms with van der Waals surface area (Å²) in [6.07, 6.45) is 0. The zero-order valence-electron chi connectivity index (χ0n) is 23.2. The maximum atomic E-state index is 11.1. The standard InChI is InChI=1S/C4H11P.C3H11O9P3.C3H10O6P2.C3H9O3P.W.Y/c1-4(2)5-3;1-3(2)13(4,5)11-15(9,10)12-14(6,7)8;1-3(2)10(4,5)9-11(6,7)8;1-3(2)7(4,5)6;;/h4-5H,1-3H3;3H,1-2H3,(H,4,5)(H,9,10)(H2,6,7,8);3H,1-2H3,(H,4,5)(H2,6,7,8);3H,1-2H3,(H2,4,5,6);;. The van der Waals surface area contributed by atoms with Crippen LogP contribution in [0.25, 0.3) is 0 Å². The minimum Gasteiger partial charge on any atom is 0 e. The molecule has 0 aliphatic carbocycles. The second kappa shape index (κ2) is 21.8. The number of rotatable bonds is 10. The van der Waals surface area contributed by atoms with Gasteiger partial charge < -0.3 is 44.0 Å². The Kier molecular flexibility index (Phi) is 28.7. The molecule has 0 aromatic carbocycles. The summed E-state index contributed by atoms with van der Waals surface area (Å²) in [5.74, 6) is 0. The summed E-state index contributed by atoms with van der Waals surface area (Å²) in [7, 11) is -27.7. The Bertz CT molecular complexity index is 1030. The van der Waals surface area contributed by atoms with E-state index in [9.17, 15) is 27.4 Å². The van der Waals surface area contributed by atoms with E-state index in [0.29, 0.717) is 0 Å². The van der Waals surface area contributed by atoms with Crippen LogP contribution in [0.1, 0.15) is 55.4 Å². The smallest absolute Gasteiger partial charge is 0 e. The van der Waals surface area contributed by atoms with Crippen LogP contribution in [0.15, 0.2) is 0 Å². The summed E-state index contributed by atoms with van der Waals surface area (Å²) in [6, 6.07) is 0. The van der Waals surface area contributed by atoms with Crippen LogP contribution < -0.4 is 0 Å². The summed E-state index contributed by atoms with van der Waals surface area (Å²) in [5, 5.41) is 0. The summed E-state index contributed by atoms with van der Waals surface area (Å²) in [5.41, 5.74) is -1.25. The average molecular weight is 975 g/mol. The molecule has 18 nitrogen and oxygen atoms in total. The van der Waals surface area contributed by atoms with Crippen molar-refractivity contribution in [3.8, 4) is 0 Å². The van der Waals surface area contributed by atoms with Gasteiger partial charge in [-0.25, -0.2) is 22.3 Å². The molecule has 0 heterocycles. The van der Waals surface area contributed by atoms with Gasteiger partial charge in [-0.1, -0.05) is 41.5 Å². The number of phosphoric acid groups is 3. The van der Waals surface area contributed by atoms with Gasteiger partial charge in [0.2, 0.25) is 0 Å². The van der Waals surface area contributed by atoms with Gasteiger partial charge in [0.1, 0.15) is 0 Å². The molecule has 0 aliphatic heterocycles. The van der Waals surface area contributed by atoms with Crippen molar-refractivity contribution >= 4 is 51.8 Å². The molecule has 0 aromatic heterocycles. The minimum absolute atomic E-state index is 0. The fourth-order valence-electron chi connectivity index (χ4n) is 0.638. The Hall–Kier alpha value is 3.12. The van der Waals surface area contributed by atoms with E-state index in [-0.39, 0.29) is 38.3 Å². The van der Waals surface area contributed by atoms with Gasteiger partial charge in [0.15, 0.2) is 0 Å². The molecule has 0 saturated heterocycles. The zero-order chi connectivity index (χ0) is 33.0. The van der Waals surface area contributed by atoms with Crippen molar-refractivity contribution in [3.63, 3.8) is 0 Å². The third-order valence-corrected chi connectivity index (χ3v) is 19.3. The molecule has 0 aromatic rings. The average Bonchev–Trinajstić information content (AvgIpc) is 2.56. The van der Waals surface area contributed by atoms with E-state index in [4.69, 9.17) is 44.0 Å². The largest absolute Gasteiger partial charge is 0 e. The van der Waals surface area contributed by atoms with Crippen molar-refractivity contribution in [1.82, 2.24) is 0 Å². The predicted molar refractivity (Wildman–Crippen MR) is 144 cm³/mol. The van der Waals surface area contributed by atoms with E-state index in [1.807, 2.05) is 18.8 Å². The van der Waals surface area contributed by atoms with Crippen molar-refractivity contribution in [2.75, 3.05) is 6.66 Å². The van der Waals surface area contributed by atoms with Crippen LogP contribution in [0.4, 0.5) is 0 Å². The van der Waals surface area contributed by atoms with E-state index in [1.54, 1.807) is 0 Å². The third kappa shape index (κ3) is 35.6. The van der Waals surface area contributed by atoms with Gasteiger partial charge in [0.25, 0.3) is 0 Å². The first kappa shape index (κ1) is 52.6. The molecule has 0 saturated carbocycles. The summed E-state index contributed by atoms with van der Waals surface area (Å²) >= 11 is 1.81. The Labute approximate surface area is 270 Å². The molecule has 4 atom stereocenters. The van der Waals surface area contributed by atoms with Crippen molar-refractivity contribution in [3.05, 3.63) is 0 Å². The van der Waals surface area contributed by atoms with Crippen LogP contribution in [-0.4, -0.2) is 73.3 Å². The van der Waals surface area contributed by atoms with Gasteiger partial charge >= 0.3 is 96.8 Å². The molecule has 0 fully saturated rings. The third-order valence-electron chi connectivity index (χ3n) is 3.44. The monoisotopic (exact) mass is 975 g/mol. The molecule has 4 unspecified atom stereocenters. The van der Waals surface area contributed by atoms with Crippen molar-refractivity contribution in [1.29, 1.82) is 0 Å². The van der Waals surface area contributed by atoms with Crippen LogP contribution >= 0.6 is 51.8 Å². The quantitative estimate of drug-likeness (QED) is 0.141. The first-order chi connectivity index (χ1) is 16.6. The molecule has 245 valence electrons. The van der Waals surface area contributed by atoms with E-state index in [1.165, 1.54) is 41.5 Å². The molecular weight excluding hydrogens is 934 g/mol. The molecule has 0 bridgehead atoms. The second-order valence-electron chi connectivity index (χ2n) is 8.46. The second-order valence-corrected chi connectivity index (χ2v) is 29.2. The molecule has 0 aliphatic rings. The molecular formula is C13H41O18P7WY. The zero-order valence-corrected chi connectivity index (χ0v) is 35.3. The Balaban J connectivity index is -0.000000144. The van der Waals surface area contributed by atoms with E-state index in [0.717, 1.165) is 5.66 Å². The maximum absolute atomic E-state index is 11.1. The number of hydrogen-bond donors (Lipinski definition) is 9. The van der Waals surface area contributed by atoms with E-state index >= 15 is 0 Å². The van der Waals surface area contributed by atoms with Crippen LogP contribution in [0.3, 0.4) is 0 Å². The van der Waals surface area contributed by atoms with Gasteiger partial charge in [-0.05, 0) is 0 Å². The minimum atomic E-state index is -5.27. The fraction of sp³-hybridized carbons (Fsp3) is 1.00. The van der Waals surface area contributed by atoms with Crippen molar-refractivity contribution in [2.24, 2.45) is 0 Å². The summed E-state index contributed by atoms with van der Waals surface area (Å²) < 4.78 is 73.8. The normalized spacial score (nSPS) is 17.4. The topological polar surface area (TPSA) is 312 Å². The van der Waals surface area contributed by atoms with Crippen LogP contribution in [0, 0.1) is 0 Å². The molecule has 0 rings (SSSR count). The molecule has 9 N–H and O–H groups in total. The summed E-state index contributed by atoms with van der Waals surface area (Å²) in [4.78, 5) is 75.6. The predicted octanol–water partition coefficient (Wildman–Crippen LogP) is 3.77. The molecule has 0 amide bonds. The fourth-order valence-corrected chi connectivity index (χ4v) is 6.01. The molecule has 27 heteroatoms. The van der Waals surface area contributed by atoms with Crippen molar-refractivity contribution < 1.29 is 136 Å². The van der Waals surface area contributed by atoms with Gasteiger partial charge in [0, 0.05) is 32.7 Å². The van der Waals surface area contributed by atoms with E-state index in [2.05, 4.69) is 33.4 Å². The van der Waals surface area contributed by atoms with Gasteiger partial charge in [0.05, 0.1) is 17.0 Å². The van der Waals surface area contributed by atoms with Crippen molar-refractivity contribution in [2.45, 2.75) is 78.0 Å². The van der Waals surface area contributed by atoms with Crippen LogP contribution in [0.5, 0.6) is 0 Å². The van der Waals surface area contributed by atoms with Crippen LogP contribution in [-0.2, 0) is 91.8 Å². The Morgan fingerprint density at radius 2 is 0.775 bits per heavy atom. The number of hydrogen-bond acceptors (Lipinski definition) is 9. The summed E-state index contributed by atoms with van der Waals surface area (Å²) in [6.45, 7) is 15.1. The molecule has 1 radical (unpaired) electrons. The molecule has 0 spiro atoms. The maximum Gasteiger partial charge on any atom is 0 e. The first-order valence-corrected chi connectivity index (χ1v) is 26.3. The van der Waals surface area contributed by atoms with Gasteiger partial charge in [-0.3, -0.25) is 13.7 Å². The van der Waals surface area contributed by atoms with Gasteiger partial charge in [-0.15, -0.1) is 0 Å². The molecule has 40 heavy (non-hydrogen) atoms. The first-order valence-electron chi connectivity index (χ1n) is 10.4.